The van der Waals surface area contributed by atoms with Crippen molar-refractivity contribution in [2.45, 2.75) is 44.2 Å². The molecule has 0 aromatic heterocycles. The van der Waals surface area contributed by atoms with Crippen LogP contribution in [0, 0.1) is 0 Å². The molecule has 5 nitrogen and oxygen atoms in total. The summed E-state index contributed by atoms with van der Waals surface area (Å²) in [6.07, 6.45) is 4.71. The van der Waals surface area contributed by atoms with Gasteiger partial charge in [0, 0.05) is 35.3 Å². The van der Waals surface area contributed by atoms with E-state index in [0.29, 0.717) is 29.6 Å². The van der Waals surface area contributed by atoms with Gasteiger partial charge in [0.15, 0.2) is 0 Å². The van der Waals surface area contributed by atoms with E-state index in [1.807, 2.05) is 29.2 Å². The Morgan fingerprint density at radius 3 is 2.39 bits per heavy atom. The maximum atomic E-state index is 13.7. The molecule has 0 spiro atoms. The number of nitrogens with zero attached hydrogens (tertiary/aromatic N) is 1. The van der Waals surface area contributed by atoms with E-state index >= 15 is 0 Å². The summed E-state index contributed by atoms with van der Waals surface area (Å²) in [7, 11) is 3.20. The third kappa shape index (κ3) is 7.02. The Morgan fingerprint density at radius 1 is 0.972 bits per heavy atom. The normalized spacial score (nSPS) is 17.6. The number of amides is 1. The molecule has 3 aromatic rings. The molecule has 1 heterocycles. The first-order valence-corrected chi connectivity index (χ1v) is 13.0. The zero-order chi connectivity index (χ0) is 25.3. The SMILES string of the molecule is COc1cc(OC)cc(C(=O)N2CC[C@H](NCCCc3cccc(Cl)c3)C[C@@H]2Cc2ccccc2)c1. The van der Waals surface area contributed by atoms with Crippen molar-refractivity contribution in [1.29, 1.82) is 0 Å². The maximum Gasteiger partial charge on any atom is 0.254 e. The highest BCUT2D eigenvalue weighted by Gasteiger charge is 2.32. The molecule has 6 heteroatoms. The van der Waals surface area contributed by atoms with E-state index in [1.54, 1.807) is 32.4 Å². The van der Waals surface area contributed by atoms with Gasteiger partial charge in [-0.25, -0.2) is 0 Å². The number of benzene rings is 3. The fraction of sp³-hybridized carbons (Fsp3) is 0.367. The molecule has 0 radical (unpaired) electrons. The topological polar surface area (TPSA) is 50.8 Å². The zero-order valence-electron chi connectivity index (χ0n) is 21.1. The number of rotatable bonds is 10. The first-order chi connectivity index (χ1) is 17.6. The Bertz CT molecular complexity index is 1120. The summed E-state index contributed by atoms with van der Waals surface area (Å²) < 4.78 is 10.8. The van der Waals surface area contributed by atoms with Crippen molar-refractivity contribution in [2.24, 2.45) is 0 Å². The Kier molecular flexibility index (Phi) is 9.26. The van der Waals surface area contributed by atoms with Crippen LogP contribution in [0.5, 0.6) is 11.5 Å². The molecule has 190 valence electrons. The Labute approximate surface area is 219 Å². The molecule has 1 amide bonds. The predicted molar refractivity (Wildman–Crippen MR) is 145 cm³/mol. The van der Waals surface area contributed by atoms with Crippen molar-refractivity contribution in [3.05, 3.63) is 94.5 Å². The smallest absolute Gasteiger partial charge is 0.254 e. The summed E-state index contributed by atoms with van der Waals surface area (Å²) in [5.41, 5.74) is 3.10. The van der Waals surface area contributed by atoms with Gasteiger partial charge in [0.1, 0.15) is 11.5 Å². The summed E-state index contributed by atoms with van der Waals surface area (Å²) in [6, 6.07) is 24.4. The van der Waals surface area contributed by atoms with Crippen molar-refractivity contribution in [2.75, 3.05) is 27.3 Å². The monoisotopic (exact) mass is 506 g/mol. The molecule has 0 bridgehead atoms. The van der Waals surface area contributed by atoms with E-state index < -0.39 is 0 Å². The van der Waals surface area contributed by atoms with Crippen molar-refractivity contribution in [3.63, 3.8) is 0 Å². The number of likely N-dealkylation sites (tertiary alicyclic amines) is 1. The Hall–Kier alpha value is -3.02. The lowest BCUT2D eigenvalue weighted by molar-refractivity contribution is 0.0576. The number of aryl methyl sites for hydroxylation is 1. The molecule has 36 heavy (non-hydrogen) atoms. The molecule has 1 aliphatic rings. The quantitative estimate of drug-likeness (QED) is 0.353. The molecule has 0 aliphatic carbocycles. The van der Waals surface area contributed by atoms with E-state index in [-0.39, 0.29) is 11.9 Å². The molecule has 4 rings (SSSR count). The van der Waals surface area contributed by atoms with Gasteiger partial charge in [0.2, 0.25) is 0 Å². The number of carbonyl (C=O) groups is 1. The largest absolute Gasteiger partial charge is 0.497 e. The lowest BCUT2D eigenvalue weighted by Gasteiger charge is -2.40. The lowest BCUT2D eigenvalue weighted by atomic mass is 9.91. The highest BCUT2D eigenvalue weighted by Crippen LogP contribution is 2.27. The van der Waals surface area contributed by atoms with Crippen molar-refractivity contribution < 1.29 is 14.3 Å². The van der Waals surface area contributed by atoms with Gasteiger partial charge >= 0.3 is 0 Å². The fourth-order valence-electron chi connectivity index (χ4n) is 4.97. The van der Waals surface area contributed by atoms with Crippen LogP contribution in [-0.4, -0.2) is 50.2 Å². The first-order valence-electron chi connectivity index (χ1n) is 12.6. The van der Waals surface area contributed by atoms with Crippen molar-refractivity contribution in [1.82, 2.24) is 10.2 Å². The Balaban J connectivity index is 1.42. The zero-order valence-corrected chi connectivity index (χ0v) is 21.8. The van der Waals surface area contributed by atoms with Crippen LogP contribution in [0.15, 0.2) is 72.8 Å². The highest BCUT2D eigenvalue weighted by molar-refractivity contribution is 6.30. The summed E-state index contributed by atoms with van der Waals surface area (Å²) in [5.74, 6) is 1.26. The van der Waals surface area contributed by atoms with Crippen molar-refractivity contribution in [3.8, 4) is 11.5 Å². The standard InChI is InChI=1S/C30H35ClN2O3/c1-35-28-18-24(19-29(21-28)36-2)30(34)33-15-13-26(20-27(33)17-23-8-4-3-5-9-23)32-14-7-11-22-10-6-12-25(31)16-22/h3-6,8-10,12,16,18-19,21,26-27,32H,7,11,13-15,17,20H2,1-2H3/t26-,27-/m0/s1. The van der Waals surface area contributed by atoms with Crippen LogP contribution in [-0.2, 0) is 12.8 Å². The van der Waals surface area contributed by atoms with Crippen molar-refractivity contribution >= 4 is 17.5 Å². The van der Waals surface area contributed by atoms with Crippen LogP contribution in [0.4, 0.5) is 0 Å². The summed E-state index contributed by atoms with van der Waals surface area (Å²) in [5, 5.41) is 4.53. The lowest BCUT2D eigenvalue weighted by Crippen LogP contribution is -2.52. The van der Waals surface area contributed by atoms with Gasteiger partial charge in [0.05, 0.1) is 14.2 Å². The maximum absolute atomic E-state index is 13.7. The molecule has 1 N–H and O–H groups in total. The highest BCUT2D eigenvalue weighted by atomic mass is 35.5. The van der Waals surface area contributed by atoms with E-state index in [9.17, 15) is 4.79 Å². The van der Waals surface area contributed by atoms with Gasteiger partial charge in [0.25, 0.3) is 5.91 Å². The number of ether oxygens (including phenoxy) is 2. The number of nitrogens with one attached hydrogen (secondary N) is 1. The van der Waals surface area contributed by atoms with Crippen LogP contribution < -0.4 is 14.8 Å². The second kappa shape index (κ2) is 12.8. The molecule has 0 saturated carbocycles. The summed E-state index contributed by atoms with van der Waals surface area (Å²) in [6.45, 7) is 1.65. The average molecular weight is 507 g/mol. The van der Waals surface area contributed by atoms with Crippen LogP contribution in [0.1, 0.15) is 40.7 Å². The van der Waals surface area contributed by atoms with Gasteiger partial charge in [-0.2, -0.15) is 0 Å². The average Bonchev–Trinajstić information content (AvgIpc) is 2.91. The number of piperidine rings is 1. The number of methoxy groups -OCH3 is 2. The van der Waals surface area contributed by atoms with E-state index in [2.05, 4.69) is 35.6 Å². The molecule has 0 unspecified atom stereocenters. The molecule has 1 fully saturated rings. The van der Waals surface area contributed by atoms with Crippen LogP contribution in [0.3, 0.4) is 0 Å². The second-order valence-corrected chi connectivity index (χ2v) is 9.79. The first kappa shape index (κ1) is 26.1. The number of hydrogen-bond donors (Lipinski definition) is 1. The van der Waals surface area contributed by atoms with E-state index in [1.165, 1.54) is 11.1 Å². The van der Waals surface area contributed by atoms with Gasteiger partial charge in [-0.15, -0.1) is 0 Å². The van der Waals surface area contributed by atoms with Gasteiger partial charge in [-0.05, 0) is 74.0 Å². The summed E-state index contributed by atoms with van der Waals surface area (Å²) >= 11 is 6.12. The third-order valence-electron chi connectivity index (χ3n) is 6.85. The van der Waals surface area contributed by atoms with E-state index in [4.69, 9.17) is 21.1 Å². The van der Waals surface area contributed by atoms with Crippen LogP contribution in [0.25, 0.3) is 0 Å². The predicted octanol–water partition coefficient (Wildman–Crippen LogP) is 5.80. The number of halogens is 1. The fourth-order valence-corrected chi connectivity index (χ4v) is 5.18. The van der Waals surface area contributed by atoms with Gasteiger partial charge < -0.3 is 19.7 Å². The third-order valence-corrected chi connectivity index (χ3v) is 7.09. The second-order valence-electron chi connectivity index (χ2n) is 9.35. The minimum absolute atomic E-state index is 0.0209. The molecular weight excluding hydrogens is 472 g/mol. The minimum Gasteiger partial charge on any atom is -0.497 e. The van der Waals surface area contributed by atoms with E-state index in [0.717, 1.165) is 43.7 Å². The Morgan fingerprint density at radius 2 is 1.69 bits per heavy atom. The number of hydrogen-bond acceptors (Lipinski definition) is 4. The minimum atomic E-state index is 0.0209. The molecule has 1 saturated heterocycles. The van der Waals surface area contributed by atoms with Gasteiger partial charge in [-0.3, -0.25) is 4.79 Å². The van der Waals surface area contributed by atoms with Crippen LogP contribution >= 0.6 is 11.6 Å². The molecule has 3 aromatic carbocycles. The number of carbonyl (C=O) groups excluding carboxylic acids is 1. The summed E-state index contributed by atoms with van der Waals surface area (Å²) in [4.78, 5) is 15.7. The molecule has 1 aliphatic heterocycles. The van der Waals surface area contributed by atoms with Crippen LogP contribution in [0.2, 0.25) is 5.02 Å². The molecular formula is C30H35ClN2O3. The molecule has 2 atom stereocenters. The van der Waals surface area contributed by atoms with Gasteiger partial charge in [-0.1, -0.05) is 54.1 Å².